The molecule has 0 bridgehead atoms. The molecule has 8 atom stereocenters. The van der Waals surface area contributed by atoms with Gasteiger partial charge in [0.15, 0.2) is 24.4 Å². The molecule has 0 saturated carbocycles. The van der Waals surface area contributed by atoms with Gasteiger partial charge in [-0.1, -0.05) is 134 Å². The van der Waals surface area contributed by atoms with Crippen molar-refractivity contribution in [2.24, 2.45) is 23.7 Å². The van der Waals surface area contributed by atoms with Gasteiger partial charge >= 0.3 is 29.8 Å². The summed E-state index contributed by atoms with van der Waals surface area (Å²) in [5.74, 6) is -5.57. The molecule has 0 unspecified atom stereocenters. The molecule has 0 aliphatic carbocycles. The third kappa shape index (κ3) is 22.9. The quantitative estimate of drug-likeness (QED) is 0.0443. The van der Waals surface area contributed by atoms with Crippen molar-refractivity contribution in [2.45, 2.75) is 207 Å². The van der Waals surface area contributed by atoms with Gasteiger partial charge in [0.25, 0.3) is 17.7 Å². The van der Waals surface area contributed by atoms with Crippen LogP contribution in [0.15, 0.2) is 78.9 Å². The molecule has 0 radical (unpaired) electrons. The Bertz CT molecular complexity index is 2720. The molecule has 2 saturated heterocycles. The van der Waals surface area contributed by atoms with Crippen molar-refractivity contribution in [3.63, 3.8) is 0 Å². The minimum absolute atomic E-state index is 0.0297. The molecule has 3 aromatic carbocycles. The topological polar surface area (TPSA) is 223 Å². The van der Waals surface area contributed by atoms with Crippen molar-refractivity contribution < 1.29 is 71.5 Å². The maximum Gasteiger partial charge on any atom is 0.347 e. The van der Waals surface area contributed by atoms with Crippen LogP contribution in [0.25, 0.3) is 0 Å². The fraction of sp³-hybridized carbons (Fsp3) is 0.629. The standard InChI is InChI=1S/C70H102N4O15/c1-44(2)20-29-58(68(80)89-62(42-51-23-27-54(28-24-51)56-32-36-84-37-33-56)65(77)74(14)60(40-47(7)8)70(82)87-49(10)66(78)85-43-52-18-16-15-17-19-52)72(12)63(75)48(9)86-69(81)59(39-46(5)6)73(13)64(76)61(88-67(79)57(71-11)38-45(3)4)41-50-21-25-53(26-22-50)55-30-34-83-35-31-55/h15-19,21-28,44-49,55-62,71H,20,29-43H2,1-14H3/t48-,49-,57+,58+,59+,60+,61-,62-/m1/s1. The molecule has 89 heavy (non-hydrogen) atoms. The van der Waals surface area contributed by atoms with E-state index in [0.29, 0.717) is 50.8 Å². The maximum atomic E-state index is 15.0. The van der Waals surface area contributed by atoms with Gasteiger partial charge in [-0.15, -0.1) is 0 Å². The molecule has 2 aliphatic rings. The van der Waals surface area contributed by atoms with Crippen molar-refractivity contribution in [2.75, 3.05) is 54.6 Å². The predicted octanol–water partition coefficient (Wildman–Crippen LogP) is 9.33. The van der Waals surface area contributed by atoms with Gasteiger partial charge in [0, 0.05) is 60.4 Å². The van der Waals surface area contributed by atoms with Crippen LogP contribution in [0.5, 0.6) is 0 Å². The van der Waals surface area contributed by atoms with Gasteiger partial charge in [-0.3, -0.25) is 19.2 Å². The van der Waals surface area contributed by atoms with E-state index < -0.39 is 96.2 Å². The molecular weight excluding hydrogens is 1140 g/mol. The Morgan fingerprint density at radius 3 is 1.27 bits per heavy atom. The number of esters is 5. The number of ether oxygens (including phenoxy) is 7. The zero-order valence-electron chi connectivity index (χ0n) is 55.4. The lowest BCUT2D eigenvalue weighted by atomic mass is 9.90. The van der Waals surface area contributed by atoms with E-state index in [1.54, 1.807) is 19.2 Å². The second-order valence-corrected chi connectivity index (χ2v) is 25.9. The summed E-state index contributed by atoms with van der Waals surface area (Å²) in [4.78, 5) is 119. The van der Waals surface area contributed by atoms with Crippen LogP contribution in [0.3, 0.4) is 0 Å². The average Bonchev–Trinajstić information content (AvgIpc) is 1.46. The first kappa shape index (κ1) is 73.0. The molecule has 1 N–H and O–H groups in total. The van der Waals surface area contributed by atoms with E-state index in [1.165, 1.54) is 44.8 Å². The first-order chi connectivity index (χ1) is 42.3. The zero-order chi connectivity index (χ0) is 65.5. The third-order valence-corrected chi connectivity index (χ3v) is 16.8. The fourth-order valence-electron chi connectivity index (χ4n) is 11.3. The normalized spacial score (nSPS) is 16.7. The highest BCUT2D eigenvalue weighted by Gasteiger charge is 2.41. The van der Waals surface area contributed by atoms with Crippen molar-refractivity contribution in [1.29, 1.82) is 0 Å². The van der Waals surface area contributed by atoms with E-state index >= 15 is 4.79 Å². The molecule has 3 aromatic rings. The number of nitrogens with zero attached hydrogens (tertiary/aromatic N) is 3. The Morgan fingerprint density at radius 1 is 0.449 bits per heavy atom. The molecular formula is C70H102N4O15. The molecule has 19 nitrogen and oxygen atoms in total. The highest BCUT2D eigenvalue weighted by atomic mass is 16.6. The number of carbonyl (C=O) groups is 8. The molecule has 2 fully saturated rings. The van der Waals surface area contributed by atoms with Crippen molar-refractivity contribution in [3.8, 4) is 0 Å². The fourth-order valence-corrected chi connectivity index (χ4v) is 11.3. The highest BCUT2D eigenvalue weighted by Crippen LogP contribution is 2.30. The molecule has 0 spiro atoms. The van der Waals surface area contributed by atoms with E-state index in [2.05, 4.69) is 5.32 Å². The van der Waals surface area contributed by atoms with Crippen LogP contribution in [0.1, 0.15) is 167 Å². The van der Waals surface area contributed by atoms with Gasteiger partial charge in [-0.25, -0.2) is 19.2 Å². The number of nitrogens with one attached hydrogen (secondary N) is 1. The van der Waals surface area contributed by atoms with Crippen molar-refractivity contribution in [3.05, 3.63) is 107 Å². The third-order valence-electron chi connectivity index (χ3n) is 16.8. The first-order valence-corrected chi connectivity index (χ1v) is 32.1. The Kier molecular flexibility index (Phi) is 29.7. The first-order valence-electron chi connectivity index (χ1n) is 32.1. The van der Waals surface area contributed by atoms with Crippen LogP contribution in [0.4, 0.5) is 0 Å². The summed E-state index contributed by atoms with van der Waals surface area (Å²) >= 11 is 0. The number of amides is 3. The van der Waals surface area contributed by atoms with Crippen molar-refractivity contribution in [1.82, 2.24) is 20.0 Å². The smallest absolute Gasteiger partial charge is 0.347 e. The summed E-state index contributed by atoms with van der Waals surface area (Å²) in [5, 5.41) is 3.02. The monoisotopic (exact) mass is 1240 g/mol. The molecule has 19 heteroatoms. The number of carbonyl (C=O) groups excluding carboxylic acids is 8. The van der Waals surface area contributed by atoms with Gasteiger partial charge in [0.2, 0.25) is 0 Å². The number of hydrogen-bond acceptors (Lipinski definition) is 16. The Hall–Kier alpha value is -6.70. The summed E-state index contributed by atoms with van der Waals surface area (Å²) in [6, 6.07) is 20.3. The summed E-state index contributed by atoms with van der Waals surface area (Å²) in [7, 11) is 5.95. The SMILES string of the molecule is CN[C@@H](CC(C)C)C(=O)O[C@H](Cc1ccc(C2CCOCC2)cc1)C(=O)N(C)[C@@H](CC(C)C)C(=O)O[C@H](C)C(=O)N(C)[C@@H](CCC(C)C)C(=O)O[C@H](Cc1ccc(C2CCOCC2)cc1)C(=O)N(C)[C@@H](CC(C)C)C(=O)O[C@H](C)C(=O)OCc1ccccc1. The zero-order valence-corrected chi connectivity index (χ0v) is 55.4. The van der Waals surface area contributed by atoms with E-state index in [4.69, 9.17) is 33.2 Å². The second kappa shape index (κ2) is 36.2. The van der Waals surface area contributed by atoms with E-state index in [9.17, 15) is 33.6 Å². The highest BCUT2D eigenvalue weighted by molar-refractivity contribution is 5.93. The molecule has 2 heterocycles. The maximum absolute atomic E-state index is 15.0. The van der Waals surface area contributed by atoms with Gasteiger partial charge in [-0.2, -0.15) is 0 Å². The second-order valence-electron chi connectivity index (χ2n) is 25.9. The molecule has 3 amide bonds. The largest absolute Gasteiger partial charge is 0.458 e. The van der Waals surface area contributed by atoms with Gasteiger partial charge in [0.1, 0.15) is 30.8 Å². The average molecular weight is 1240 g/mol. The predicted molar refractivity (Wildman–Crippen MR) is 338 cm³/mol. The lowest BCUT2D eigenvalue weighted by molar-refractivity contribution is -0.175. The van der Waals surface area contributed by atoms with Gasteiger partial charge in [-0.05, 0) is 142 Å². The summed E-state index contributed by atoms with van der Waals surface area (Å²) in [6.45, 7) is 20.8. The van der Waals surface area contributed by atoms with Gasteiger partial charge in [0.05, 0.1) is 0 Å². The van der Waals surface area contributed by atoms with E-state index in [1.807, 2.05) is 122 Å². The molecule has 0 aromatic heterocycles. The van der Waals surface area contributed by atoms with Crippen LogP contribution >= 0.6 is 0 Å². The van der Waals surface area contributed by atoms with Crippen LogP contribution in [0, 0.1) is 23.7 Å². The Labute approximate surface area is 528 Å². The van der Waals surface area contributed by atoms with Crippen LogP contribution in [-0.4, -0.2) is 165 Å². The van der Waals surface area contributed by atoms with Crippen LogP contribution in [-0.2, 0) is 91.0 Å². The number of benzene rings is 3. The Balaban J connectivity index is 1.39. The Morgan fingerprint density at radius 2 is 0.854 bits per heavy atom. The van der Waals surface area contributed by atoms with Gasteiger partial charge < -0.3 is 53.2 Å². The lowest BCUT2D eigenvalue weighted by Gasteiger charge is -2.34. The van der Waals surface area contributed by atoms with E-state index in [0.717, 1.165) is 52.8 Å². The summed E-state index contributed by atoms with van der Waals surface area (Å²) in [6.07, 6.45) is -0.891. The van der Waals surface area contributed by atoms with Crippen LogP contribution in [0.2, 0.25) is 0 Å². The number of likely N-dealkylation sites (N-methyl/N-ethyl adjacent to an activating group) is 4. The molecule has 2 aliphatic heterocycles. The summed E-state index contributed by atoms with van der Waals surface area (Å²) < 4.78 is 40.6. The van der Waals surface area contributed by atoms with E-state index in [-0.39, 0.29) is 68.3 Å². The summed E-state index contributed by atoms with van der Waals surface area (Å²) in [5.41, 5.74) is 4.43. The number of rotatable bonds is 33. The molecule has 492 valence electrons. The molecule has 5 rings (SSSR count). The number of hydrogen-bond donors (Lipinski definition) is 1. The lowest BCUT2D eigenvalue weighted by Crippen LogP contribution is -2.53. The minimum Gasteiger partial charge on any atom is -0.458 e. The minimum atomic E-state index is -1.51. The van der Waals surface area contributed by atoms with Crippen molar-refractivity contribution >= 4 is 47.6 Å². The van der Waals surface area contributed by atoms with Crippen LogP contribution < -0.4 is 5.32 Å².